The second-order valence-electron chi connectivity index (χ2n) is 11.2. The number of ketones is 2. The summed E-state index contributed by atoms with van der Waals surface area (Å²) in [5, 5.41) is 2.43. The van der Waals surface area contributed by atoms with Crippen LogP contribution < -0.4 is 5.32 Å². The molecule has 10 heteroatoms. The number of ether oxygens (including phenoxy) is 2. The largest absolute Gasteiger partial charge is 0.365 e. The van der Waals surface area contributed by atoms with E-state index in [9.17, 15) is 27.4 Å². The zero-order valence-electron chi connectivity index (χ0n) is 22.3. The Morgan fingerprint density at radius 3 is 1.97 bits per heavy atom. The van der Waals surface area contributed by atoms with Crippen molar-refractivity contribution in [2.24, 2.45) is 5.41 Å². The number of Topliss-reactive ketones (excluding diaryl/α,β-unsaturated/α-hetero) is 2. The minimum Gasteiger partial charge on any atom is -0.365 e. The summed E-state index contributed by atoms with van der Waals surface area (Å²) in [4.78, 5) is 38.6. The summed E-state index contributed by atoms with van der Waals surface area (Å²) >= 11 is 0. The number of nitrogens with one attached hydrogen (secondary N) is 1. The summed E-state index contributed by atoms with van der Waals surface area (Å²) < 4.78 is 44.7. The van der Waals surface area contributed by atoms with Crippen molar-refractivity contribution in [2.45, 2.75) is 104 Å². The van der Waals surface area contributed by atoms with E-state index in [2.05, 4.69) is 5.32 Å². The van der Waals surface area contributed by atoms with Crippen molar-refractivity contribution in [1.82, 2.24) is 0 Å². The van der Waals surface area contributed by atoms with Crippen LogP contribution in [0.15, 0.2) is 23.1 Å². The maximum atomic E-state index is 13.1. The molecule has 0 heterocycles. The fourth-order valence-corrected chi connectivity index (χ4v) is 4.21. The molecule has 1 aromatic rings. The zero-order valence-corrected chi connectivity index (χ0v) is 23.1. The molecule has 0 radical (unpaired) electrons. The number of amides is 1. The molecule has 0 aromatic heterocycles. The Kier molecular flexibility index (Phi) is 9.58. The predicted octanol–water partition coefficient (Wildman–Crippen LogP) is 4.12. The van der Waals surface area contributed by atoms with E-state index in [-0.39, 0.29) is 5.69 Å². The van der Waals surface area contributed by atoms with E-state index < -0.39 is 67.7 Å². The first-order valence-corrected chi connectivity index (χ1v) is 12.8. The van der Waals surface area contributed by atoms with Gasteiger partial charge in [-0.3, -0.25) is 18.9 Å². The molecule has 9 nitrogen and oxygen atoms in total. The molecule has 35 heavy (non-hydrogen) atoms. The van der Waals surface area contributed by atoms with Crippen molar-refractivity contribution >= 4 is 33.3 Å². The molecule has 0 fully saturated rings. The number of carbonyl (C=O) groups excluding carboxylic acids is 3. The Hall–Kier alpha value is -2.14. The fourth-order valence-electron chi connectivity index (χ4n) is 3.47. The average Bonchev–Trinajstić information content (AvgIpc) is 2.64. The molecule has 0 spiro atoms. The molecule has 198 valence electrons. The second kappa shape index (κ2) is 10.9. The number of carbonyl (C=O) groups is 3. The summed E-state index contributed by atoms with van der Waals surface area (Å²) in [6.45, 7) is 16.7. The van der Waals surface area contributed by atoms with Crippen LogP contribution >= 0.6 is 0 Å². The molecule has 0 aliphatic carbocycles. The first kappa shape index (κ1) is 30.9. The maximum Gasteiger partial charge on any atom is 0.296 e. The molecule has 0 saturated carbocycles. The Morgan fingerprint density at radius 1 is 0.971 bits per heavy atom. The summed E-state index contributed by atoms with van der Waals surface area (Å²) in [5.74, 6) is -1.52. The molecular formula is C25H39NO8S. The monoisotopic (exact) mass is 513 g/mol. The molecule has 1 aromatic carbocycles. The molecule has 0 bridgehead atoms. The van der Waals surface area contributed by atoms with Gasteiger partial charge in [-0.25, -0.2) is 0 Å². The number of anilines is 1. The van der Waals surface area contributed by atoms with Crippen LogP contribution in [0.1, 0.15) is 74.3 Å². The van der Waals surface area contributed by atoms with Gasteiger partial charge in [0.25, 0.3) is 10.1 Å². The summed E-state index contributed by atoms with van der Waals surface area (Å²) in [5.41, 5.74) is -2.50. The topological polar surface area (TPSA) is 136 Å². The molecular weight excluding hydrogens is 474 g/mol. The first-order valence-electron chi connectivity index (χ1n) is 11.4. The molecule has 1 rings (SSSR count). The Bertz CT molecular complexity index is 1060. The summed E-state index contributed by atoms with van der Waals surface area (Å²) in [7, 11) is -4.61. The van der Waals surface area contributed by atoms with Gasteiger partial charge in [0, 0.05) is 5.41 Å². The van der Waals surface area contributed by atoms with Crippen molar-refractivity contribution in [3.05, 3.63) is 23.8 Å². The molecule has 0 saturated heterocycles. The third-order valence-corrected chi connectivity index (χ3v) is 5.91. The number of rotatable bonds is 10. The summed E-state index contributed by atoms with van der Waals surface area (Å²) in [6, 6.07) is 4.13. The van der Waals surface area contributed by atoms with Crippen LogP contribution in [0.25, 0.3) is 0 Å². The van der Waals surface area contributed by atoms with Crippen molar-refractivity contribution in [1.29, 1.82) is 0 Å². The van der Waals surface area contributed by atoms with Gasteiger partial charge in [0.2, 0.25) is 5.91 Å². The number of benzene rings is 1. The van der Waals surface area contributed by atoms with Crippen LogP contribution in [-0.4, -0.2) is 53.9 Å². The molecule has 0 aliphatic rings. The van der Waals surface area contributed by atoms with Crippen molar-refractivity contribution in [3.63, 3.8) is 0 Å². The van der Waals surface area contributed by atoms with Crippen LogP contribution in [0.3, 0.4) is 0 Å². The van der Waals surface area contributed by atoms with Gasteiger partial charge in [0.05, 0.1) is 17.7 Å². The molecule has 2 atom stereocenters. The van der Waals surface area contributed by atoms with Gasteiger partial charge in [-0.15, -0.1) is 0 Å². The van der Waals surface area contributed by atoms with E-state index in [0.717, 1.165) is 0 Å². The van der Waals surface area contributed by atoms with Gasteiger partial charge in [0.15, 0.2) is 11.6 Å². The fraction of sp³-hybridized carbons (Fsp3) is 0.640. The van der Waals surface area contributed by atoms with E-state index in [0.29, 0.717) is 5.56 Å². The van der Waals surface area contributed by atoms with E-state index in [1.807, 2.05) is 20.8 Å². The van der Waals surface area contributed by atoms with Crippen LogP contribution in [0.2, 0.25) is 0 Å². The van der Waals surface area contributed by atoms with Gasteiger partial charge in [0.1, 0.15) is 22.7 Å². The SMILES string of the molecule is Cc1ccc(NC(=O)CC(OC(C)(C)C(=O)C(C)OC(C)(C)C)C(=O)C(C)(C)C)c(S(=O)(=O)O)c1. The molecule has 0 aliphatic heterocycles. The minimum absolute atomic E-state index is 0.132. The maximum absolute atomic E-state index is 13.1. The first-order chi connectivity index (χ1) is 15.5. The lowest BCUT2D eigenvalue weighted by molar-refractivity contribution is -0.172. The Balaban J connectivity index is 3.22. The highest BCUT2D eigenvalue weighted by Gasteiger charge is 2.41. The van der Waals surface area contributed by atoms with Crippen LogP contribution in [0.4, 0.5) is 5.69 Å². The quantitative estimate of drug-likeness (QED) is 0.446. The lowest BCUT2D eigenvalue weighted by Crippen LogP contribution is -2.49. The Labute approximate surface area is 208 Å². The highest BCUT2D eigenvalue weighted by atomic mass is 32.2. The van der Waals surface area contributed by atoms with Gasteiger partial charge in [-0.2, -0.15) is 8.42 Å². The van der Waals surface area contributed by atoms with Crippen molar-refractivity contribution < 1.29 is 36.8 Å². The van der Waals surface area contributed by atoms with Crippen molar-refractivity contribution in [3.8, 4) is 0 Å². The second-order valence-corrected chi connectivity index (χ2v) is 12.6. The summed E-state index contributed by atoms with van der Waals surface area (Å²) in [6.07, 6.45) is -2.59. The smallest absolute Gasteiger partial charge is 0.296 e. The Morgan fingerprint density at radius 2 is 1.51 bits per heavy atom. The van der Waals surface area contributed by atoms with Crippen LogP contribution in [-0.2, 0) is 34.0 Å². The third kappa shape index (κ3) is 9.44. The van der Waals surface area contributed by atoms with E-state index in [1.54, 1.807) is 40.7 Å². The molecule has 1 amide bonds. The zero-order chi connectivity index (χ0) is 27.6. The molecule has 2 unspecified atom stereocenters. The van der Waals surface area contributed by atoms with E-state index >= 15 is 0 Å². The minimum atomic E-state index is -4.61. The average molecular weight is 514 g/mol. The van der Waals surface area contributed by atoms with Crippen LogP contribution in [0.5, 0.6) is 0 Å². The van der Waals surface area contributed by atoms with Gasteiger partial charge >= 0.3 is 0 Å². The van der Waals surface area contributed by atoms with E-state index in [1.165, 1.54) is 26.0 Å². The third-order valence-electron chi connectivity index (χ3n) is 5.02. The lowest BCUT2D eigenvalue weighted by atomic mass is 9.85. The number of aryl methyl sites for hydroxylation is 1. The van der Waals surface area contributed by atoms with Gasteiger partial charge in [-0.05, 0) is 66.2 Å². The van der Waals surface area contributed by atoms with Crippen LogP contribution in [0, 0.1) is 12.3 Å². The predicted molar refractivity (Wildman–Crippen MR) is 133 cm³/mol. The van der Waals surface area contributed by atoms with E-state index in [4.69, 9.17) is 9.47 Å². The number of hydrogen-bond donors (Lipinski definition) is 2. The number of hydrogen-bond acceptors (Lipinski definition) is 7. The normalized spacial score (nSPS) is 14.8. The highest BCUT2D eigenvalue weighted by Crippen LogP contribution is 2.28. The lowest BCUT2D eigenvalue weighted by Gasteiger charge is -2.34. The standard InChI is InChI=1S/C25H39NO8S/c1-15-11-12-17(19(13-15)35(30,31)32)26-20(27)14-18(22(29)23(3,4)5)34-25(9,10)21(28)16(2)33-24(6,7)8/h11-13,16,18H,14H2,1-10H3,(H,26,27)(H,30,31,32). The van der Waals surface area contributed by atoms with Gasteiger partial charge in [-0.1, -0.05) is 26.8 Å². The van der Waals surface area contributed by atoms with Gasteiger partial charge < -0.3 is 14.8 Å². The highest BCUT2D eigenvalue weighted by molar-refractivity contribution is 7.86. The van der Waals surface area contributed by atoms with Crippen molar-refractivity contribution in [2.75, 3.05) is 5.32 Å². The molecule has 2 N–H and O–H groups in total.